The van der Waals surface area contributed by atoms with Crippen molar-refractivity contribution in [2.24, 2.45) is 0 Å². The van der Waals surface area contributed by atoms with Crippen molar-refractivity contribution in [3.05, 3.63) is 75.0 Å². The fourth-order valence-electron chi connectivity index (χ4n) is 2.88. The van der Waals surface area contributed by atoms with Gasteiger partial charge >= 0.3 is 0 Å². The normalized spacial score (nSPS) is 10.7. The van der Waals surface area contributed by atoms with E-state index in [1.165, 1.54) is 13.1 Å². The molecule has 0 aliphatic carbocycles. The lowest BCUT2D eigenvalue weighted by molar-refractivity contribution is 0.101. The summed E-state index contributed by atoms with van der Waals surface area (Å²) in [7, 11) is 0. The van der Waals surface area contributed by atoms with Gasteiger partial charge < -0.3 is 9.88 Å². The van der Waals surface area contributed by atoms with E-state index >= 15 is 0 Å². The van der Waals surface area contributed by atoms with Crippen LogP contribution >= 0.6 is 11.6 Å². The zero-order valence-electron chi connectivity index (χ0n) is 14.4. The maximum absolute atomic E-state index is 12.8. The van der Waals surface area contributed by atoms with Crippen molar-refractivity contribution in [3.63, 3.8) is 0 Å². The molecule has 1 heterocycles. The van der Waals surface area contributed by atoms with Crippen molar-refractivity contribution >= 4 is 39.9 Å². The molecule has 2 aromatic carbocycles. The number of carbonyl (C=O) groups is 2. The Bertz CT molecular complexity index is 1090. The number of pyridine rings is 1. The molecular weight excluding hydrogens is 352 g/mol. The molecule has 1 aromatic heterocycles. The summed E-state index contributed by atoms with van der Waals surface area (Å²) in [5.41, 5.74) is 1.08. The first kappa shape index (κ1) is 17.9. The van der Waals surface area contributed by atoms with E-state index in [1.54, 1.807) is 42.5 Å². The van der Waals surface area contributed by atoms with E-state index in [1.807, 2.05) is 11.5 Å². The number of anilines is 1. The minimum absolute atomic E-state index is 0.0000261. The number of hydrogen-bond donors (Lipinski definition) is 1. The lowest BCUT2D eigenvalue weighted by Gasteiger charge is -2.13. The van der Waals surface area contributed by atoms with E-state index in [4.69, 9.17) is 11.6 Å². The summed E-state index contributed by atoms with van der Waals surface area (Å²) in [6, 6.07) is 11.7. The van der Waals surface area contributed by atoms with Crippen molar-refractivity contribution in [2.45, 2.75) is 20.4 Å². The number of aromatic nitrogens is 1. The summed E-state index contributed by atoms with van der Waals surface area (Å²) in [6.45, 7) is 3.93. The molecule has 1 amide bonds. The summed E-state index contributed by atoms with van der Waals surface area (Å²) in [4.78, 5) is 37.3. The number of nitrogens with one attached hydrogen (secondary N) is 1. The molecule has 0 aliphatic rings. The lowest BCUT2D eigenvalue weighted by atomic mass is 10.1. The Morgan fingerprint density at radius 3 is 2.54 bits per heavy atom. The second-order valence-electron chi connectivity index (χ2n) is 5.88. The van der Waals surface area contributed by atoms with Gasteiger partial charge in [0.15, 0.2) is 5.78 Å². The van der Waals surface area contributed by atoms with Gasteiger partial charge in [0.1, 0.15) is 5.56 Å². The van der Waals surface area contributed by atoms with Gasteiger partial charge in [0.05, 0.1) is 11.2 Å². The molecule has 3 aromatic rings. The molecule has 0 radical (unpaired) electrons. The Morgan fingerprint density at radius 2 is 1.85 bits per heavy atom. The highest BCUT2D eigenvalue weighted by molar-refractivity contribution is 6.31. The molecule has 0 bridgehead atoms. The Morgan fingerprint density at radius 1 is 1.12 bits per heavy atom. The largest absolute Gasteiger partial charge is 0.347 e. The number of rotatable bonds is 4. The molecule has 1 N–H and O–H groups in total. The van der Waals surface area contributed by atoms with Gasteiger partial charge in [-0.05, 0) is 44.2 Å². The van der Waals surface area contributed by atoms with Gasteiger partial charge in [-0.3, -0.25) is 14.4 Å². The van der Waals surface area contributed by atoms with Crippen LogP contribution in [-0.2, 0) is 6.54 Å². The highest BCUT2D eigenvalue weighted by Crippen LogP contribution is 2.19. The van der Waals surface area contributed by atoms with Gasteiger partial charge in [-0.2, -0.15) is 0 Å². The Labute approximate surface area is 155 Å². The molecule has 0 unspecified atom stereocenters. The smallest absolute Gasteiger partial charge is 0.261 e. The van der Waals surface area contributed by atoms with Crippen LogP contribution in [0.15, 0.2) is 53.5 Å². The van der Waals surface area contributed by atoms with Gasteiger partial charge in [-0.1, -0.05) is 23.7 Å². The van der Waals surface area contributed by atoms with E-state index in [0.717, 1.165) is 0 Å². The summed E-state index contributed by atoms with van der Waals surface area (Å²) < 4.78 is 1.82. The molecule has 0 fully saturated rings. The zero-order chi connectivity index (χ0) is 18.8. The van der Waals surface area contributed by atoms with E-state index in [2.05, 4.69) is 5.32 Å². The Balaban J connectivity index is 2.11. The number of nitrogens with zero attached hydrogens (tertiary/aromatic N) is 1. The van der Waals surface area contributed by atoms with Gasteiger partial charge in [0.25, 0.3) is 5.91 Å². The quantitative estimate of drug-likeness (QED) is 0.704. The van der Waals surface area contributed by atoms with Crippen LogP contribution < -0.4 is 10.7 Å². The maximum Gasteiger partial charge on any atom is 0.261 e. The van der Waals surface area contributed by atoms with Crippen LogP contribution in [0.1, 0.15) is 34.6 Å². The molecule has 132 valence electrons. The number of para-hydroxylation sites is 1. The second-order valence-corrected chi connectivity index (χ2v) is 6.31. The fourth-order valence-corrected chi connectivity index (χ4v) is 3.05. The van der Waals surface area contributed by atoms with Crippen LogP contribution in [0.25, 0.3) is 10.9 Å². The zero-order valence-corrected chi connectivity index (χ0v) is 15.1. The summed E-state index contributed by atoms with van der Waals surface area (Å²) in [5.74, 6) is -0.732. The van der Waals surface area contributed by atoms with Crippen LogP contribution in [0.3, 0.4) is 0 Å². The third kappa shape index (κ3) is 3.26. The van der Waals surface area contributed by atoms with Crippen molar-refractivity contribution in [1.29, 1.82) is 0 Å². The molecular formula is C20H17ClN2O3. The third-order valence-electron chi connectivity index (χ3n) is 4.18. The van der Waals surface area contributed by atoms with Crippen LogP contribution in [0.5, 0.6) is 0 Å². The van der Waals surface area contributed by atoms with Crippen molar-refractivity contribution < 1.29 is 9.59 Å². The SMILES string of the molecule is CCn1cc(C(=O)Nc2ccccc2C(C)=O)c(=O)c2cc(Cl)ccc21. The van der Waals surface area contributed by atoms with Crippen molar-refractivity contribution in [1.82, 2.24) is 4.57 Å². The van der Waals surface area contributed by atoms with Gasteiger partial charge in [0.2, 0.25) is 5.43 Å². The number of carbonyl (C=O) groups excluding carboxylic acids is 2. The fraction of sp³-hybridized carbons (Fsp3) is 0.150. The molecule has 5 nitrogen and oxygen atoms in total. The van der Waals surface area contributed by atoms with E-state index < -0.39 is 11.3 Å². The molecule has 3 rings (SSSR count). The molecule has 26 heavy (non-hydrogen) atoms. The van der Waals surface area contributed by atoms with Gasteiger partial charge in [0, 0.05) is 28.7 Å². The Hall–Kier alpha value is -2.92. The predicted molar refractivity (Wildman–Crippen MR) is 103 cm³/mol. The minimum Gasteiger partial charge on any atom is -0.347 e. The molecule has 0 saturated heterocycles. The topological polar surface area (TPSA) is 68.2 Å². The second kappa shape index (κ2) is 7.14. The molecule has 0 spiro atoms. The van der Waals surface area contributed by atoms with E-state index in [0.29, 0.717) is 33.7 Å². The number of halogens is 1. The molecule has 0 atom stereocenters. The monoisotopic (exact) mass is 368 g/mol. The summed E-state index contributed by atoms with van der Waals surface area (Å²) in [5, 5.41) is 3.48. The number of amides is 1. The first-order valence-electron chi connectivity index (χ1n) is 8.16. The predicted octanol–water partition coefficient (Wildman–Crippen LogP) is 4.13. The highest BCUT2D eigenvalue weighted by Gasteiger charge is 2.17. The average molecular weight is 369 g/mol. The number of hydrogen-bond acceptors (Lipinski definition) is 3. The van der Waals surface area contributed by atoms with Crippen LogP contribution in [0.2, 0.25) is 5.02 Å². The van der Waals surface area contributed by atoms with E-state index in [-0.39, 0.29) is 11.3 Å². The standard InChI is InChI=1S/C20H17ClN2O3/c1-3-23-11-16(19(25)15-10-13(21)8-9-18(15)23)20(26)22-17-7-5-4-6-14(17)12(2)24/h4-11H,3H2,1-2H3,(H,22,26). The first-order chi connectivity index (χ1) is 12.4. The first-order valence-corrected chi connectivity index (χ1v) is 8.54. The van der Waals surface area contributed by atoms with Crippen LogP contribution in [0, 0.1) is 0 Å². The number of aryl methyl sites for hydroxylation is 1. The summed E-state index contributed by atoms with van der Waals surface area (Å²) in [6.07, 6.45) is 1.53. The highest BCUT2D eigenvalue weighted by atomic mass is 35.5. The number of fused-ring (bicyclic) bond motifs is 1. The maximum atomic E-state index is 12.8. The molecule has 6 heteroatoms. The average Bonchev–Trinajstić information content (AvgIpc) is 2.62. The Kier molecular flexibility index (Phi) is 4.91. The third-order valence-corrected chi connectivity index (χ3v) is 4.42. The number of ketones is 1. The van der Waals surface area contributed by atoms with Crippen LogP contribution in [-0.4, -0.2) is 16.3 Å². The number of benzene rings is 2. The number of Topliss-reactive ketones (excluding diaryl/α,β-unsaturated/α-hetero) is 1. The van der Waals surface area contributed by atoms with Gasteiger partial charge in [-0.25, -0.2) is 0 Å². The lowest BCUT2D eigenvalue weighted by Crippen LogP contribution is -2.24. The van der Waals surface area contributed by atoms with Crippen molar-refractivity contribution in [3.8, 4) is 0 Å². The van der Waals surface area contributed by atoms with E-state index in [9.17, 15) is 14.4 Å². The summed E-state index contributed by atoms with van der Waals surface area (Å²) >= 11 is 6.02. The van der Waals surface area contributed by atoms with Crippen LogP contribution in [0.4, 0.5) is 5.69 Å². The van der Waals surface area contributed by atoms with Gasteiger partial charge in [-0.15, -0.1) is 0 Å². The van der Waals surface area contributed by atoms with Crippen molar-refractivity contribution in [2.75, 3.05) is 5.32 Å². The molecule has 0 aliphatic heterocycles. The minimum atomic E-state index is -0.562. The molecule has 0 saturated carbocycles.